The van der Waals surface area contributed by atoms with E-state index in [2.05, 4.69) is 6.07 Å². The number of nitrogens with zero attached hydrogens (tertiary/aromatic N) is 1. The van der Waals surface area contributed by atoms with Crippen molar-refractivity contribution in [3.8, 4) is 17.6 Å². The number of benzene rings is 1. The van der Waals surface area contributed by atoms with Crippen LogP contribution in [-0.4, -0.2) is 23.9 Å². The second-order valence-corrected chi connectivity index (χ2v) is 4.43. The molecular formula is C15H21NO3. The van der Waals surface area contributed by atoms with E-state index < -0.39 is 5.60 Å². The number of ether oxygens (including phenoxy) is 2. The summed E-state index contributed by atoms with van der Waals surface area (Å²) in [5, 5.41) is 19.1. The van der Waals surface area contributed by atoms with E-state index in [-0.39, 0.29) is 6.61 Å². The van der Waals surface area contributed by atoms with E-state index in [0.717, 1.165) is 0 Å². The fourth-order valence-electron chi connectivity index (χ4n) is 1.63. The minimum atomic E-state index is -0.822. The fourth-order valence-corrected chi connectivity index (χ4v) is 1.63. The monoisotopic (exact) mass is 263 g/mol. The van der Waals surface area contributed by atoms with Crippen LogP contribution in [0, 0.1) is 11.3 Å². The average molecular weight is 263 g/mol. The lowest BCUT2D eigenvalue weighted by Gasteiger charge is -2.25. The molecule has 0 saturated carbocycles. The van der Waals surface area contributed by atoms with E-state index in [1.165, 1.54) is 0 Å². The first-order valence-electron chi connectivity index (χ1n) is 6.60. The smallest absolute Gasteiger partial charge is 0.162 e. The molecule has 4 heteroatoms. The predicted molar refractivity (Wildman–Crippen MR) is 73.4 cm³/mol. The lowest BCUT2D eigenvalue weighted by Crippen LogP contribution is -2.34. The normalized spacial score (nSPS) is 10.9. The van der Waals surface area contributed by atoms with Crippen molar-refractivity contribution in [2.75, 3.05) is 13.2 Å². The van der Waals surface area contributed by atoms with Gasteiger partial charge in [-0.3, -0.25) is 0 Å². The Bertz CT molecular complexity index is 447. The molecule has 0 saturated heterocycles. The summed E-state index contributed by atoms with van der Waals surface area (Å²) in [6.07, 6.45) is 1.26. The Hall–Kier alpha value is -1.73. The molecule has 0 bridgehead atoms. The molecule has 0 aliphatic rings. The third-order valence-corrected chi connectivity index (χ3v) is 3.19. The van der Waals surface area contributed by atoms with Gasteiger partial charge < -0.3 is 14.6 Å². The minimum Gasteiger partial charge on any atom is -0.490 e. The van der Waals surface area contributed by atoms with Crippen LogP contribution in [0.15, 0.2) is 18.2 Å². The second kappa shape index (κ2) is 7.01. The molecule has 0 fully saturated rings. The van der Waals surface area contributed by atoms with Gasteiger partial charge in [-0.2, -0.15) is 5.26 Å². The van der Waals surface area contributed by atoms with Crippen molar-refractivity contribution in [1.82, 2.24) is 0 Å². The number of rotatable bonds is 7. The Morgan fingerprint density at radius 3 is 2.37 bits per heavy atom. The quantitative estimate of drug-likeness (QED) is 0.821. The van der Waals surface area contributed by atoms with Crippen LogP contribution in [-0.2, 0) is 0 Å². The van der Waals surface area contributed by atoms with Crippen molar-refractivity contribution in [2.45, 2.75) is 39.2 Å². The second-order valence-electron chi connectivity index (χ2n) is 4.43. The summed E-state index contributed by atoms with van der Waals surface area (Å²) in [6, 6.07) is 7.09. The molecule has 1 N–H and O–H groups in total. The molecule has 0 unspecified atom stereocenters. The Balaban J connectivity index is 2.86. The van der Waals surface area contributed by atoms with Crippen molar-refractivity contribution < 1.29 is 14.6 Å². The molecule has 0 spiro atoms. The summed E-state index contributed by atoms with van der Waals surface area (Å²) in [4.78, 5) is 0. The van der Waals surface area contributed by atoms with Gasteiger partial charge in [-0.25, -0.2) is 0 Å². The maximum absolute atomic E-state index is 10.2. The number of nitriles is 1. The molecule has 19 heavy (non-hydrogen) atoms. The first-order valence-corrected chi connectivity index (χ1v) is 6.60. The number of hydrogen-bond donors (Lipinski definition) is 1. The molecule has 0 aromatic heterocycles. The average Bonchev–Trinajstić information content (AvgIpc) is 2.45. The largest absolute Gasteiger partial charge is 0.490 e. The highest BCUT2D eigenvalue weighted by Crippen LogP contribution is 2.29. The SMILES string of the molecule is CCOc1cc(C#N)ccc1OCC(O)(CC)CC. The summed E-state index contributed by atoms with van der Waals surface area (Å²) in [7, 11) is 0. The Labute approximate surface area is 114 Å². The summed E-state index contributed by atoms with van der Waals surface area (Å²) in [5.41, 5.74) is -0.297. The van der Waals surface area contributed by atoms with Crippen LogP contribution >= 0.6 is 0 Å². The number of aliphatic hydroxyl groups is 1. The summed E-state index contributed by atoms with van der Waals surface area (Å²) >= 11 is 0. The Morgan fingerprint density at radius 2 is 1.84 bits per heavy atom. The van der Waals surface area contributed by atoms with Gasteiger partial charge in [0.2, 0.25) is 0 Å². The van der Waals surface area contributed by atoms with Gasteiger partial charge in [-0.15, -0.1) is 0 Å². The predicted octanol–water partition coefficient (Wildman–Crippen LogP) is 2.89. The van der Waals surface area contributed by atoms with Gasteiger partial charge in [0.15, 0.2) is 11.5 Å². The van der Waals surface area contributed by atoms with E-state index in [1.54, 1.807) is 18.2 Å². The van der Waals surface area contributed by atoms with Crippen LogP contribution in [0.1, 0.15) is 39.2 Å². The van der Waals surface area contributed by atoms with Crippen molar-refractivity contribution in [3.63, 3.8) is 0 Å². The molecule has 0 aliphatic carbocycles. The van der Waals surface area contributed by atoms with Crippen molar-refractivity contribution in [3.05, 3.63) is 23.8 Å². The maximum atomic E-state index is 10.2. The molecule has 0 amide bonds. The molecule has 0 atom stereocenters. The highest BCUT2D eigenvalue weighted by atomic mass is 16.5. The van der Waals surface area contributed by atoms with Crippen LogP contribution in [0.25, 0.3) is 0 Å². The van der Waals surface area contributed by atoms with E-state index in [0.29, 0.717) is 36.5 Å². The zero-order chi connectivity index (χ0) is 14.3. The first-order chi connectivity index (χ1) is 9.08. The lowest BCUT2D eigenvalue weighted by molar-refractivity contribution is -0.0120. The lowest BCUT2D eigenvalue weighted by atomic mass is 9.99. The van der Waals surface area contributed by atoms with Gasteiger partial charge in [0.25, 0.3) is 0 Å². The highest BCUT2D eigenvalue weighted by Gasteiger charge is 2.23. The molecule has 1 aromatic carbocycles. The molecular weight excluding hydrogens is 242 g/mol. The van der Waals surface area contributed by atoms with Gasteiger partial charge in [-0.1, -0.05) is 13.8 Å². The Kier molecular flexibility index (Phi) is 5.65. The third-order valence-electron chi connectivity index (χ3n) is 3.19. The highest BCUT2D eigenvalue weighted by molar-refractivity contribution is 5.46. The molecule has 0 aliphatic heterocycles. The summed E-state index contributed by atoms with van der Waals surface area (Å²) in [6.45, 7) is 6.43. The first kappa shape index (κ1) is 15.3. The number of hydrogen-bond acceptors (Lipinski definition) is 4. The van der Waals surface area contributed by atoms with Crippen LogP contribution in [0.2, 0.25) is 0 Å². The zero-order valence-electron chi connectivity index (χ0n) is 11.8. The van der Waals surface area contributed by atoms with Crippen molar-refractivity contribution in [1.29, 1.82) is 5.26 Å². The van der Waals surface area contributed by atoms with Crippen LogP contribution in [0.3, 0.4) is 0 Å². The van der Waals surface area contributed by atoms with E-state index in [9.17, 15) is 5.11 Å². The van der Waals surface area contributed by atoms with Gasteiger partial charge in [-0.05, 0) is 31.9 Å². The minimum absolute atomic E-state index is 0.214. The standard InChI is InChI=1S/C15H21NO3/c1-4-15(17,5-2)11-19-13-8-7-12(10-16)9-14(13)18-6-3/h7-9,17H,4-6,11H2,1-3H3. The molecule has 0 heterocycles. The molecule has 104 valence electrons. The molecule has 4 nitrogen and oxygen atoms in total. The molecule has 1 aromatic rings. The van der Waals surface area contributed by atoms with E-state index in [4.69, 9.17) is 14.7 Å². The van der Waals surface area contributed by atoms with Crippen LogP contribution in [0.5, 0.6) is 11.5 Å². The maximum Gasteiger partial charge on any atom is 0.162 e. The Morgan fingerprint density at radius 1 is 1.16 bits per heavy atom. The van der Waals surface area contributed by atoms with E-state index >= 15 is 0 Å². The van der Waals surface area contributed by atoms with Crippen molar-refractivity contribution in [2.24, 2.45) is 0 Å². The van der Waals surface area contributed by atoms with Gasteiger partial charge in [0, 0.05) is 6.07 Å². The van der Waals surface area contributed by atoms with Gasteiger partial charge in [0.1, 0.15) is 6.61 Å². The summed E-state index contributed by atoms with van der Waals surface area (Å²) in [5.74, 6) is 1.09. The molecule has 0 radical (unpaired) electrons. The topological polar surface area (TPSA) is 62.5 Å². The molecule has 1 rings (SSSR count). The zero-order valence-corrected chi connectivity index (χ0v) is 11.8. The van der Waals surface area contributed by atoms with Gasteiger partial charge in [0.05, 0.1) is 23.8 Å². The van der Waals surface area contributed by atoms with Crippen molar-refractivity contribution >= 4 is 0 Å². The van der Waals surface area contributed by atoms with Crippen LogP contribution in [0.4, 0.5) is 0 Å². The summed E-state index contributed by atoms with van der Waals surface area (Å²) < 4.78 is 11.1. The van der Waals surface area contributed by atoms with Gasteiger partial charge >= 0.3 is 0 Å². The van der Waals surface area contributed by atoms with Crippen LogP contribution < -0.4 is 9.47 Å². The van der Waals surface area contributed by atoms with E-state index in [1.807, 2.05) is 20.8 Å². The fraction of sp³-hybridized carbons (Fsp3) is 0.533. The third kappa shape index (κ3) is 4.15.